The van der Waals surface area contributed by atoms with E-state index in [4.69, 9.17) is 21.1 Å². The topological polar surface area (TPSA) is 18.5 Å². The molecule has 1 aliphatic heterocycles. The van der Waals surface area contributed by atoms with Crippen LogP contribution in [0, 0.1) is 11.8 Å². The molecule has 0 atom stereocenters. The van der Waals surface area contributed by atoms with E-state index in [0.29, 0.717) is 17.8 Å². The Balaban J connectivity index is 1.48. The largest absolute Gasteiger partial charge is 0.352 e. The van der Waals surface area contributed by atoms with Gasteiger partial charge in [0.25, 0.3) is 0 Å². The molecule has 0 amide bonds. The number of hydrogen-bond acceptors (Lipinski definition) is 2. The molecule has 0 bridgehead atoms. The molecular weight excluding hydrogens is 308 g/mol. The highest BCUT2D eigenvalue weighted by Gasteiger charge is 2.32. The maximum atomic E-state index is 6.07. The summed E-state index contributed by atoms with van der Waals surface area (Å²) in [5.41, 5.74) is 4.37. The first-order valence-corrected chi connectivity index (χ1v) is 9.32. The summed E-state index contributed by atoms with van der Waals surface area (Å²) in [5, 5.41) is 0. The summed E-state index contributed by atoms with van der Waals surface area (Å²) < 4.78 is 12.1. The van der Waals surface area contributed by atoms with Gasteiger partial charge in [-0.1, -0.05) is 48.9 Å². The Morgan fingerprint density at radius 3 is 2.26 bits per heavy atom. The molecule has 1 aliphatic carbocycles. The monoisotopic (exact) mass is 334 g/mol. The van der Waals surface area contributed by atoms with Gasteiger partial charge in [0.05, 0.1) is 13.2 Å². The summed E-state index contributed by atoms with van der Waals surface area (Å²) in [4.78, 5) is 0. The van der Waals surface area contributed by atoms with Crippen molar-refractivity contribution in [3.05, 3.63) is 47.0 Å². The molecule has 3 heteroatoms. The van der Waals surface area contributed by atoms with E-state index in [0.717, 1.165) is 19.6 Å². The van der Waals surface area contributed by atoms with Gasteiger partial charge in [0.2, 0.25) is 0 Å². The number of ether oxygens (including phenoxy) is 2. The molecule has 23 heavy (non-hydrogen) atoms. The van der Waals surface area contributed by atoms with Crippen molar-refractivity contribution < 1.29 is 9.47 Å². The minimum atomic E-state index is -0.0119. The third-order valence-electron chi connectivity index (χ3n) is 5.33. The highest BCUT2D eigenvalue weighted by molar-refractivity contribution is 6.25. The first-order chi connectivity index (χ1) is 11.3. The summed E-state index contributed by atoms with van der Waals surface area (Å²) >= 11 is 5.68. The summed E-state index contributed by atoms with van der Waals surface area (Å²) in [7, 11) is 0. The Morgan fingerprint density at radius 1 is 1.04 bits per heavy atom. The van der Waals surface area contributed by atoms with E-state index in [2.05, 4.69) is 37.3 Å². The van der Waals surface area contributed by atoms with Crippen LogP contribution in [0.15, 0.2) is 35.9 Å². The zero-order valence-corrected chi connectivity index (χ0v) is 14.7. The predicted molar refractivity (Wildman–Crippen MR) is 94.7 cm³/mol. The predicted octanol–water partition coefficient (Wildman–Crippen LogP) is 5.26. The van der Waals surface area contributed by atoms with Crippen LogP contribution in [0.2, 0.25) is 0 Å². The number of halogens is 1. The summed E-state index contributed by atoms with van der Waals surface area (Å²) in [6.07, 6.45) is 7.93. The molecule has 0 spiro atoms. The van der Waals surface area contributed by atoms with Crippen molar-refractivity contribution in [3.8, 4) is 0 Å². The summed E-state index contributed by atoms with van der Waals surface area (Å²) in [6, 6.07) is 8.88. The quantitative estimate of drug-likeness (QED) is 0.747. The molecule has 0 radical (unpaired) electrons. The highest BCUT2D eigenvalue weighted by Crippen LogP contribution is 2.35. The molecule has 2 fully saturated rings. The van der Waals surface area contributed by atoms with Crippen molar-refractivity contribution in [2.24, 2.45) is 11.8 Å². The molecule has 1 saturated heterocycles. The lowest BCUT2D eigenvalue weighted by Crippen LogP contribution is -2.37. The maximum Gasteiger partial charge on any atom is 0.160 e. The van der Waals surface area contributed by atoms with Gasteiger partial charge in [0, 0.05) is 17.4 Å². The van der Waals surface area contributed by atoms with Crippen LogP contribution in [0.25, 0.3) is 0 Å². The van der Waals surface area contributed by atoms with Crippen molar-refractivity contribution in [2.75, 3.05) is 13.2 Å². The molecule has 2 aliphatic rings. The fraction of sp³-hybridized carbons (Fsp3) is 0.600. The van der Waals surface area contributed by atoms with Crippen molar-refractivity contribution >= 4 is 11.6 Å². The molecule has 3 rings (SSSR count). The van der Waals surface area contributed by atoms with Crippen molar-refractivity contribution in [1.82, 2.24) is 0 Å². The van der Waals surface area contributed by atoms with Crippen LogP contribution in [-0.4, -0.2) is 19.5 Å². The Bertz CT molecular complexity index is 495. The van der Waals surface area contributed by atoms with Crippen LogP contribution in [0.4, 0.5) is 0 Å². The molecule has 1 aromatic carbocycles. The van der Waals surface area contributed by atoms with Crippen LogP contribution in [-0.2, 0) is 15.9 Å². The van der Waals surface area contributed by atoms with Crippen LogP contribution < -0.4 is 0 Å². The first-order valence-electron chi connectivity index (χ1n) is 8.89. The lowest BCUT2D eigenvalue weighted by Gasteiger charge is -2.37. The number of rotatable bonds is 4. The van der Waals surface area contributed by atoms with Crippen molar-refractivity contribution in [3.63, 3.8) is 0 Å². The minimum absolute atomic E-state index is 0.0119. The summed E-state index contributed by atoms with van der Waals surface area (Å²) in [6.45, 7) is 3.74. The van der Waals surface area contributed by atoms with Gasteiger partial charge in [0.15, 0.2) is 6.29 Å². The zero-order valence-electron chi connectivity index (χ0n) is 13.9. The first kappa shape index (κ1) is 17.0. The van der Waals surface area contributed by atoms with Gasteiger partial charge in [-0.25, -0.2) is 0 Å². The molecule has 0 aromatic heterocycles. The minimum Gasteiger partial charge on any atom is -0.352 e. The Hall–Kier alpha value is -0.830. The molecule has 1 aromatic rings. The second-order valence-corrected chi connectivity index (χ2v) is 7.07. The summed E-state index contributed by atoms with van der Waals surface area (Å²) in [5.74, 6) is 1.54. The maximum absolute atomic E-state index is 6.07. The van der Waals surface area contributed by atoms with Gasteiger partial charge >= 0.3 is 0 Å². The van der Waals surface area contributed by atoms with Gasteiger partial charge in [-0.3, -0.25) is 0 Å². The highest BCUT2D eigenvalue weighted by atomic mass is 35.5. The van der Waals surface area contributed by atoms with Gasteiger partial charge in [-0.15, -0.1) is 0 Å². The molecule has 1 heterocycles. The average molecular weight is 335 g/mol. The molecule has 0 unspecified atom stereocenters. The third kappa shape index (κ3) is 4.37. The van der Waals surface area contributed by atoms with Crippen LogP contribution >= 0.6 is 11.6 Å². The van der Waals surface area contributed by atoms with E-state index in [1.807, 2.05) is 0 Å². The molecule has 1 saturated carbocycles. The standard InChI is InChI=1S/C20H27ClO2/c1-2-15-3-7-17(8-4-15)19-13-22-20(23-14-19)18-9-5-16(6-10-18)11-12-21/h3-4,7-8,11-12,16,18-20H,2,5-6,9-10,13-14H2,1H3. The lowest BCUT2D eigenvalue weighted by atomic mass is 9.81. The SMILES string of the molecule is CCc1ccc(C2COC(C3CCC(C=CCl)CC3)OC2)cc1. The van der Waals surface area contributed by atoms with E-state index in [-0.39, 0.29) is 6.29 Å². The number of aryl methyl sites for hydroxylation is 1. The smallest absolute Gasteiger partial charge is 0.160 e. The fourth-order valence-corrected chi connectivity index (χ4v) is 3.93. The van der Waals surface area contributed by atoms with Crippen LogP contribution in [0.5, 0.6) is 0 Å². The zero-order chi connectivity index (χ0) is 16.1. The van der Waals surface area contributed by atoms with E-state index in [9.17, 15) is 0 Å². The van der Waals surface area contributed by atoms with Gasteiger partial charge in [-0.2, -0.15) is 0 Å². The van der Waals surface area contributed by atoms with Crippen LogP contribution in [0.1, 0.15) is 49.7 Å². The van der Waals surface area contributed by atoms with Gasteiger partial charge in [-0.05, 0) is 49.1 Å². The Kier molecular flexibility index (Phi) is 6.15. The fourth-order valence-electron chi connectivity index (χ4n) is 3.72. The molecule has 0 N–H and O–H groups in total. The number of hydrogen-bond donors (Lipinski definition) is 0. The van der Waals surface area contributed by atoms with E-state index in [1.54, 1.807) is 5.54 Å². The van der Waals surface area contributed by atoms with E-state index in [1.165, 1.54) is 36.8 Å². The molecule has 2 nitrogen and oxygen atoms in total. The Labute approximate surface area is 144 Å². The number of benzene rings is 1. The average Bonchev–Trinajstić information content (AvgIpc) is 2.63. The van der Waals surface area contributed by atoms with Gasteiger partial charge < -0.3 is 9.47 Å². The lowest BCUT2D eigenvalue weighted by molar-refractivity contribution is -0.217. The third-order valence-corrected chi connectivity index (χ3v) is 5.47. The van der Waals surface area contributed by atoms with Gasteiger partial charge in [0.1, 0.15) is 0 Å². The Morgan fingerprint density at radius 2 is 1.70 bits per heavy atom. The van der Waals surface area contributed by atoms with E-state index >= 15 is 0 Å². The van der Waals surface area contributed by atoms with E-state index < -0.39 is 0 Å². The van der Waals surface area contributed by atoms with Crippen LogP contribution in [0.3, 0.4) is 0 Å². The molecular formula is C20H27ClO2. The second kappa shape index (κ2) is 8.32. The normalized spacial score (nSPS) is 32.3. The second-order valence-electron chi connectivity index (χ2n) is 6.82. The van der Waals surface area contributed by atoms with Crippen molar-refractivity contribution in [1.29, 1.82) is 0 Å². The van der Waals surface area contributed by atoms with Crippen molar-refractivity contribution in [2.45, 2.75) is 51.2 Å². The number of allylic oxidation sites excluding steroid dienone is 1. The molecule has 126 valence electrons.